The van der Waals surface area contributed by atoms with E-state index in [1.54, 1.807) is 7.11 Å². The van der Waals surface area contributed by atoms with Gasteiger partial charge in [-0.1, -0.05) is 30.3 Å². The van der Waals surface area contributed by atoms with Crippen molar-refractivity contribution in [1.82, 2.24) is 4.98 Å². The lowest BCUT2D eigenvalue weighted by Gasteiger charge is -2.46. The van der Waals surface area contributed by atoms with Gasteiger partial charge in [0, 0.05) is 31.3 Å². The van der Waals surface area contributed by atoms with E-state index in [9.17, 15) is 4.79 Å². The Morgan fingerprint density at radius 3 is 2.34 bits per heavy atom. The summed E-state index contributed by atoms with van der Waals surface area (Å²) in [4.78, 5) is 19.2. The third kappa shape index (κ3) is 8.12. The van der Waals surface area contributed by atoms with Crippen molar-refractivity contribution in [3.05, 3.63) is 84.1 Å². The lowest BCUT2D eigenvalue weighted by molar-refractivity contribution is -0.149. The Hall–Kier alpha value is -3.58. The first kappa shape index (κ1) is 31.8. The molecule has 2 fully saturated rings. The predicted octanol–water partition coefficient (Wildman–Crippen LogP) is 7.51. The number of esters is 1. The van der Waals surface area contributed by atoms with Gasteiger partial charge in [0.25, 0.3) is 0 Å². The van der Waals surface area contributed by atoms with E-state index in [1.807, 2.05) is 19.2 Å². The molecule has 2 aromatic carbocycles. The molecule has 1 atom stereocenters. The summed E-state index contributed by atoms with van der Waals surface area (Å²) in [5.41, 5.74) is 2.35. The van der Waals surface area contributed by atoms with Gasteiger partial charge < -0.3 is 23.8 Å². The quantitative estimate of drug-likeness (QED) is 0.199. The summed E-state index contributed by atoms with van der Waals surface area (Å²) in [6, 6.07) is 23.2. The number of methoxy groups -OCH3 is 1. The van der Waals surface area contributed by atoms with Crippen LogP contribution in [0.5, 0.6) is 11.5 Å². The lowest BCUT2D eigenvalue weighted by Crippen LogP contribution is -2.45. The molecule has 44 heavy (non-hydrogen) atoms. The molecule has 7 nitrogen and oxygen atoms in total. The smallest absolute Gasteiger partial charge is 0.308 e. The predicted molar refractivity (Wildman–Crippen MR) is 173 cm³/mol. The van der Waals surface area contributed by atoms with E-state index in [0.717, 1.165) is 82.0 Å². The molecule has 0 bridgehead atoms. The van der Waals surface area contributed by atoms with Gasteiger partial charge in [-0.15, -0.1) is 0 Å². The highest BCUT2D eigenvalue weighted by Gasteiger charge is 2.42. The van der Waals surface area contributed by atoms with Gasteiger partial charge in [-0.3, -0.25) is 4.79 Å². The van der Waals surface area contributed by atoms with Crippen LogP contribution in [0.1, 0.15) is 76.8 Å². The normalized spacial score (nSPS) is 23.0. The highest BCUT2D eigenvalue weighted by Crippen LogP contribution is 2.45. The molecule has 0 N–H and O–H groups in total. The molecule has 0 spiro atoms. The summed E-state index contributed by atoms with van der Waals surface area (Å²) >= 11 is 0. The number of carbonyl (C=O) groups excluding carboxylic acids is 1. The number of anilines is 1. The number of rotatable bonds is 12. The molecule has 2 heterocycles. The zero-order valence-electron chi connectivity index (χ0n) is 26.8. The van der Waals surface area contributed by atoms with Gasteiger partial charge in [0.15, 0.2) is 0 Å². The van der Waals surface area contributed by atoms with E-state index in [4.69, 9.17) is 23.9 Å². The molecule has 236 valence electrons. The number of ether oxygens (including phenoxy) is 4. The van der Waals surface area contributed by atoms with Crippen LogP contribution in [-0.4, -0.2) is 49.5 Å². The van der Waals surface area contributed by atoms with Gasteiger partial charge in [0.1, 0.15) is 17.3 Å². The Bertz CT molecular complexity index is 1320. The first-order valence-electron chi connectivity index (χ1n) is 16.2. The number of carbonyl (C=O) groups is 1. The monoisotopic (exact) mass is 600 g/mol. The zero-order valence-corrected chi connectivity index (χ0v) is 26.8. The average Bonchev–Trinajstić information content (AvgIpc) is 3.04. The minimum atomic E-state index is -0.193. The molecule has 1 unspecified atom stereocenters. The van der Waals surface area contributed by atoms with Gasteiger partial charge in [0.2, 0.25) is 0 Å². The van der Waals surface area contributed by atoms with E-state index < -0.39 is 0 Å². The van der Waals surface area contributed by atoms with Crippen LogP contribution < -0.4 is 14.4 Å². The van der Waals surface area contributed by atoms with Crippen molar-refractivity contribution in [1.29, 1.82) is 0 Å². The highest BCUT2D eigenvalue weighted by atomic mass is 16.5. The van der Waals surface area contributed by atoms with E-state index in [-0.39, 0.29) is 29.0 Å². The summed E-state index contributed by atoms with van der Waals surface area (Å²) in [7, 11) is 1.71. The first-order chi connectivity index (χ1) is 21.3. The maximum absolute atomic E-state index is 12.1. The summed E-state index contributed by atoms with van der Waals surface area (Å²) in [5, 5.41) is 0. The molecule has 1 aromatic heterocycles. The van der Waals surface area contributed by atoms with E-state index in [0.29, 0.717) is 6.61 Å². The van der Waals surface area contributed by atoms with Crippen molar-refractivity contribution in [2.45, 2.75) is 89.4 Å². The fraction of sp³-hybridized carbons (Fsp3) is 0.514. The van der Waals surface area contributed by atoms with Crippen molar-refractivity contribution >= 4 is 11.8 Å². The maximum Gasteiger partial charge on any atom is 0.308 e. The van der Waals surface area contributed by atoms with Gasteiger partial charge in [0.05, 0.1) is 31.3 Å². The summed E-state index contributed by atoms with van der Waals surface area (Å²) in [5.74, 6) is 2.67. The molecule has 1 saturated heterocycles. The second-order valence-corrected chi connectivity index (χ2v) is 12.9. The number of hydrogen-bond acceptors (Lipinski definition) is 7. The summed E-state index contributed by atoms with van der Waals surface area (Å²) in [6.45, 7) is 9.07. The number of aromatic nitrogens is 1. The molecule has 7 heteroatoms. The molecule has 2 aliphatic rings. The summed E-state index contributed by atoms with van der Waals surface area (Å²) < 4.78 is 23.2. The van der Waals surface area contributed by atoms with Crippen LogP contribution in [0.15, 0.2) is 72.9 Å². The van der Waals surface area contributed by atoms with Gasteiger partial charge in [-0.25, -0.2) is 4.98 Å². The third-order valence-electron chi connectivity index (χ3n) is 9.27. The Kier molecular flexibility index (Phi) is 10.5. The average molecular weight is 601 g/mol. The van der Waals surface area contributed by atoms with E-state index >= 15 is 0 Å². The Morgan fingerprint density at radius 1 is 0.977 bits per heavy atom. The van der Waals surface area contributed by atoms with Gasteiger partial charge in [-0.05, 0) is 113 Å². The largest absolute Gasteiger partial charge is 0.497 e. The van der Waals surface area contributed by atoms with Crippen LogP contribution in [0, 0.1) is 5.92 Å². The number of nitrogens with zero attached hydrogens (tertiary/aromatic N) is 2. The van der Waals surface area contributed by atoms with Crippen LogP contribution in [-0.2, 0) is 26.2 Å². The Morgan fingerprint density at radius 2 is 1.70 bits per heavy atom. The molecule has 0 radical (unpaired) electrons. The van der Waals surface area contributed by atoms with Gasteiger partial charge >= 0.3 is 5.97 Å². The standard InChI is InChI=1S/C37H48N2O5/c1-5-42-35(40)29-11-17-33(18-12-29)44-32-15-9-28(10-16-32)26-39(34-8-6-7-23-38-34)24-21-37(22-25-43-36(2,3)27-37)30-13-19-31(41-4)20-14-30/h6-10,13-16,19-20,23,29,33H,5,11-12,17-18,21-22,24-27H2,1-4H3/t29-,33-,37?. The van der Waals surface area contributed by atoms with Crippen molar-refractivity contribution in [3.8, 4) is 11.5 Å². The van der Waals surface area contributed by atoms with Crippen LogP contribution in [0.4, 0.5) is 5.82 Å². The molecule has 3 aromatic rings. The first-order valence-corrected chi connectivity index (χ1v) is 16.2. The minimum absolute atomic E-state index is 0.00539. The number of pyridine rings is 1. The Balaban J connectivity index is 1.27. The van der Waals surface area contributed by atoms with Crippen molar-refractivity contribution in [2.75, 3.05) is 31.8 Å². The fourth-order valence-corrected chi connectivity index (χ4v) is 6.95. The van der Waals surface area contributed by atoms with Crippen molar-refractivity contribution < 1.29 is 23.7 Å². The molecule has 1 saturated carbocycles. The molecule has 1 aliphatic carbocycles. The van der Waals surface area contributed by atoms with E-state index in [1.165, 1.54) is 11.1 Å². The second kappa shape index (κ2) is 14.5. The van der Waals surface area contributed by atoms with E-state index in [2.05, 4.69) is 79.4 Å². The van der Waals surface area contributed by atoms with Gasteiger partial charge in [-0.2, -0.15) is 0 Å². The molecule has 1 aliphatic heterocycles. The fourth-order valence-electron chi connectivity index (χ4n) is 6.95. The minimum Gasteiger partial charge on any atom is -0.497 e. The highest BCUT2D eigenvalue weighted by molar-refractivity contribution is 5.72. The summed E-state index contributed by atoms with van der Waals surface area (Å²) in [6.07, 6.45) is 8.30. The van der Waals surface area contributed by atoms with Crippen molar-refractivity contribution in [3.63, 3.8) is 0 Å². The third-order valence-corrected chi connectivity index (χ3v) is 9.27. The zero-order chi connectivity index (χ0) is 31.0. The SMILES string of the molecule is CCOC(=O)[C@H]1CC[C@H](Oc2ccc(CN(CCC3(c4ccc(OC)cc4)CCOC(C)(C)C3)c3ccccn3)cc2)CC1. The van der Waals surface area contributed by atoms with Crippen LogP contribution >= 0.6 is 0 Å². The van der Waals surface area contributed by atoms with Crippen molar-refractivity contribution in [2.24, 2.45) is 5.92 Å². The molecular weight excluding hydrogens is 552 g/mol. The number of hydrogen-bond donors (Lipinski definition) is 0. The van der Waals surface area contributed by atoms with Crippen LogP contribution in [0.3, 0.4) is 0 Å². The van der Waals surface area contributed by atoms with Crippen LogP contribution in [0.25, 0.3) is 0 Å². The number of benzene rings is 2. The maximum atomic E-state index is 12.1. The van der Waals surface area contributed by atoms with Crippen LogP contribution in [0.2, 0.25) is 0 Å². The topological polar surface area (TPSA) is 70.1 Å². The molecular formula is C37H48N2O5. The molecule has 5 rings (SSSR count). The lowest BCUT2D eigenvalue weighted by atomic mass is 9.67. The second-order valence-electron chi connectivity index (χ2n) is 12.9. The Labute approximate surface area is 262 Å². The molecule has 0 amide bonds.